The van der Waals surface area contributed by atoms with Gasteiger partial charge in [-0.3, -0.25) is 29.0 Å². The summed E-state index contributed by atoms with van der Waals surface area (Å²) in [5.41, 5.74) is 0. The van der Waals surface area contributed by atoms with E-state index < -0.39 is 0 Å². The van der Waals surface area contributed by atoms with Crippen molar-refractivity contribution < 1.29 is 33.4 Å². The van der Waals surface area contributed by atoms with Crippen molar-refractivity contribution in [1.82, 2.24) is 9.80 Å². The second kappa shape index (κ2) is 15.0. The molecule has 0 aromatic heterocycles. The molecule has 8 fully saturated rings. The van der Waals surface area contributed by atoms with E-state index in [9.17, 15) is 19.2 Å². The quantitative estimate of drug-likeness (QED) is 0.265. The number of hydrogen-bond acceptors (Lipinski definition) is 7. The molecule has 0 bridgehead atoms. The van der Waals surface area contributed by atoms with Gasteiger partial charge in [0.25, 0.3) is 0 Å². The minimum absolute atomic E-state index is 0.000205. The van der Waals surface area contributed by atoms with Gasteiger partial charge in [-0.1, -0.05) is 38.5 Å². The first-order chi connectivity index (χ1) is 23.9. The van der Waals surface area contributed by atoms with Gasteiger partial charge < -0.3 is 14.2 Å². The highest BCUT2D eigenvalue weighted by atomic mass is 16.5. The smallest absolute Gasteiger partial charge is 0.233 e. The lowest BCUT2D eigenvalue weighted by atomic mass is 9.78. The van der Waals surface area contributed by atoms with Gasteiger partial charge in [-0.15, -0.1) is 0 Å². The lowest BCUT2D eigenvalue weighted by molar-refractivity contribution is -0.146. The first kappa shape index (κ1) is 34.3. The summed E-state index contributed by atoms with van der Waals surface area (Å²) in [6.07, 6.45) is 24.7. The SMILES string of the molecule is O=C1C2CCC(OC3CCC4C(=O)N(C5CCC(OC6CCCCC6)CC5)C(=O)C4C3)CC2C(=O)N1C1CCC(OC2CCCCC2)CC1. The summed E-state index contributed by atoms with van der Waals surface area (Å²) < 4.78 is 19.5. The fourth-order valence-corrected chi connectivity index (χ4v) is 11.4. The lowest BCUT2D eigenvalue weighted by Gasteiger charge is -2.36. The third-order valence-corrected chi connectivity index (χ3v) is 14.1. The summed E-state index contributed by atoms with van der Waals surface area (Å²) in [5, 5.41) is 0. The highest BCUT2D eigenvalue weighted by Gasteiger charge is 2.55. The number of rotatable bonds is 8. The molecule has 272 valence electrons. The monoisotopic (exact) mass is 680 g/mol. The van der Waals surface area contributed by atoms with Gasteiger partial charge >= 0.3 is 0 Å². The van der Waals surface area contributed by atoms with E-state index in [1.807, 2.05) is 0 Å². The normalized spacial score (nSPS) is 41.3. The molecule has 8 rings (SSSR count). The topological polar surface area (TPSA) is 102 Å². The first-order valence-electron chi connectivity index (χ1n) is 20.6. The standard InChI is InChI=1S/C40H60N2O7/c43-37-33-21-19-31(23-35(33)39(45)41(37)25-11-15-29(16-12-25)47-27-7-3-1-4-8-27)49-32-20-22-34-36(24-32)40(46)42(38(34)44)26-13-17-30(18-14-26)48-28-9-5-2-6-10-28/h25-36H,1-24H2. The molecular weight excluding hydrogens is 620 g/mol. The molecule has 49 heavy (non-hydrogen) atoms. The van der Waals surface area contributed by atoms with Crippen molar-refractivity contribution in [1.29, 1.82) is 0 Å². The molecule has 0 aromatic rings. The number of likely N-dealkylation sites (tertiary alicyclic amines) is 2. The van der Waals surface area contributed by atoms with E-state index in [0.717, 1.165) is 64.2 Å². The summed E-state index contributed by atoms with van der Waals surface area (Å²) in [5.74, 6) is -0.923. The average molecular weight is 681 g/mol. The molecule has 6 unspecified atom stereocenters. The largest absolute Gasteiger partial charge is 0.375 e. The van der Waals surface area contributed by atoms with Crippen molar-refractivity contribution >= 4 is 23.6 Å². The Morgan fingerprint density at radius 3 is 1.02 bits per heavy atom. The van der Waals surface area contributed by atoms with Gasteiger partial charge in [0.05, 0.1) is 60.3 Å². The van der Waals surface area contributed by atoms with Crippen LogP contribution in [0, 0.1) is 23.7 Å². The van der Waals surface area contributed by atoms with Crippen LogP contribution in [0.5, 0.6) is 0 Å². The number of fused-ring (bicyclic) bond motifs is 2. The van der Waals surface area contributed by atoms with Gasteiger partial charge in [-0.05, 0) is 116 Å². The number of ether oxygens (including phenoxy) is 3. The summed E-state index contributed by atoms with van der Waals surface area (Å²) >= 11 is 0. The average Bonchev–Trinajstić information content (AvgIpc) is 3.53. The zero-order chi connectivity index (χ0) is 33.5. The van der Waals surface area contributed by atoms with Crippen LogP contribution in [0.4, 0.5) is 0 Å². The van der Waals surface area contributed by atoms with E-state index in [1.54, 1.807) is 9.80 Å². The van der Waals surface area contributed by atoms with E-state index in [2.05, 4.69) is 0 Å². The molecule has 6 saturated carbocycles. The lowest BCUT2D eigenvalue weighted by Crippen LogP contribution is -2.44. The highest BCUT2D eigenvalue weighted by Crippen LogP contribution is 2.46. The predicted octanol–water partition coefficient (Wildman–Crippen LogP) is 6.63. The summed E-state index contributed by atoms with van der Waals surface area (Å²) in [6, 6.07) is -0.000409. The van der Waals surface area contributed by atoms with Crippen molar-refractivity contribution in [3.63, 3.8) is 0 Å². The Labute approximate surface area is 292 Å². The van der Waals surface area contributed by atoms with Crippen LogP contribution in [-0.2, 0) is 33.4 Å². The van der Waals surface area contributed by atoms with E-state index in [-0.39, 0.29) is 83.8 Å². The number of carbonyl (C=O) groups is 4. The number of imide groups is 2. The number of nitrogens with zero attached hydrogens (tertiary/aromatic N) is 2. The molecule has 0 aromatic carbocycles. The Hall–Kier alpha value is -1.84. The molecule has 0 spiro atoms. The Kier molecular flexibility index (Phi) is 10.5. The van der Waals surface area contributed by atoms with Gasteiger partial charge in [-0.25, -0.2) is 0 Å². The Morgan fingerprint density at radius 2 is 0.633 bits per heavy atom. The first-order valence-corrected chi connectivity index (χ1v) is 20.6. The second-order valence-corrected chi connectivity index (χ2v) is 17.2. The van der Waals surface area contributed by atoms with E-state index >= 15 is 0 Å². The molecule has 4 amide bonds. The van der Waals surface area contributed by atoms with Crippen LogP contribution in [0.3, 0.4) is 0 Å². The third kappa shape index (κ3) is 7.16. The van der Waals surface area contributed by atoms with Crippen LogP contribution in [0.25, 0.3) is 0 Å². The Morgan fingerprint density at radius 1 is 0.327 bits per heavy atom. The van der Waals surface area contributed by atoms with Crippen LogP contribution >= 0.6 is 0 Å². The molecule has 0 radical (unpaired) electrons. The molecule has 8 aliphatic rings. The predicted molar refractivity (Wildman–Crippen MR) is 182 cm³/mol. The number of carbonyl (C=O) groups excluding carboxylic acids is 4. The van der Waals surface area contributed by atoms with E-state index in [0.29, 0.717) is 37.9 Å². The molecule has 9 heteroatoms. The minimum Gasteiger partial charge on any atom is -0.375 e. The molecule has 9 nitrogen and oxygen atoms in total. The highest BCUT2D eigenvalue weighted by molar-refractivity contribution is 6.06. The van der Waals surface area contributed by atoms with Crippen molar-refractivity contribution in [3.8, 4) is 0 Å². The molecule has 2 saturated heterocycles. The van der Waals surface area contributed by atoms with Gasteiger partial charge in [0, 0.05) is 12.1 Å². The summed E-state index contributed by atoms with van der Waals surface area (Å²) in [4.78, 5) is 57.9. The summed E-state index contributed by atoms with van der Waals surface area (Å²) in [6.45, 7) is 0. The second-order valence-electron chi connectivity index (χ2n) is 17.2. The Balaban J connectivity index is 0.806. The Bertz CT molecular complexity index is 1120. The number of amides is 4. The van der Waals surface area contributed by atoms with Crippen molar-refractivity contribution in [3.05, 3.63) is 0 Å². The maximum absolute atomic E-state index is 13.7. The van der Waals surface area contributed by atoms with Crippen molar-refractivity contribution in [2.24, 2.45) is 23.7 Å². The maximum Gasteiger partial charge on any atom is 0.233 e. The van der Waals surface area contributed by atoms with Crippen molar-refractivity contribution in [2.45, 2.75) is 203 Å². The molecule has 2 aliphatic heterocycles. The fourth-order valence-electron chi connectivity index (χ4n) is 11.4. The van der Waals surface area contributed by atoms with Crippen LogP contribution in [-0.4, -0.2) is 82.1 Å². The maximum atomic E-state index is 13.7. The number of hydrogen-bond donors (Lipinski definition) is 0. The van der Waals surface area contributed by atoms with Crippen LogP contribution in [0.15, 0.2) is 0 Å². The van der Waals surface area contributed by atoms with Gasteiger partial charge in [-0.2, -0.15) is 0 Å². The van der Waals surface area contributed by atoms with Crippen LogP contribution in [0.1, 0.15) is 154 Å². The van der Waals surface area contributed by atoms with E-state index in [4.69, 9.17) is 14.2 Å². The zero-order valence-corrected chi connectivity index (χ0v) is 29.7. The molecule has 2 heterocycles. The fraction of sp³-hybridized carbons (Fsp3) is 0.900. The van der Waals surface area contributed by atoms with Crippen LogP contribution < -0.4 is 0 Å². The van der Waals surface area contributed by atoms with Crippen LogP contribution in [0.2, 0.25) is 0 Å². The van der Waals surface area contributed by atoms with Gasteiger partial charge in [0.15, 0.2) is 0 Å². The van der Waals surface area contributed by atoms with Gasteiger partial charge in [0.2, 0.25) is 23.6 Å². The third-order valence-electron chi connectivity index (χ3n) is 14.1. The molecule has 0 N–H and O–H groups in total. The van der Waals surface area contributed by atoms with Crippen molar-refractivity contribution in [2.75, 3.05) is 0 Å². The van der Waals surface area contributed by atoms with Gasteiger partial charge in [0.1, 0.15) is 0 Å². The molecule has 6 aliphatic carbocycles. The molecule has 6 atom stereocenters. The summed E-state index contributed by atoms with van der Waals surface area (Å²) in [7, 11) is 0. The minimum atomic E-state index is -0.291. The zero-order valence-electron chi connectivity index (χ0n) is 29.7. The molecular formula is C40H60N2O7. The van der Waals surface area contributed by atoms with E-state index in [1.165, 1.54) is 64.2 Å².